The van der Waals surface area contributed by atoms with Crippen LogP contribution in [0.25, 0.3) is 0 Å². The smallest absolute Gasteiger partial charge is 0.481 e. The number of likely N-dealkylation sites (N-methyl/N-ethyl adjacent to an activating group) is 1. The van der Waals surface area contributed by atoms with Gasteiger partial charge < -0.3 is 44.5 Å². The van der Waals surface area contributed by atoms with Gasteiger partial charge in [-0.3, -0.25) is 9.59 Å². The number of carbonyl (C=O) groups excluding carboxylic acids is 3. The van der Waals surface area contributed by atoms with Crippen molar-refractivity contribution >= 4 is 29.7 Å². The number of ketones is 1. The van der Waals surface area contributed by atoms with Crippen LogP contribution in [-0.4, -0.2) is 102 Å². The molecule has 0 aromatic heterocycles. The van der Waals surface area contributed by atoms with Crippen LogP contribution in [0.4, 0.5) is 15.3 Å². The minimum absolute atomic E-state index is 0.0262. The van der Waals surface area contributed by atoms with Gasteiger partial charge in [0.2, 0.25) is 0 Å². The second-order valence-electron chi connectivity index (χ2n) is 26.5. The van der Waals surface area contributed by atoms with E-state index in [0.29, 0.717) is 75.7 Å². The largest absolute Gasteiger partial charge is 0.508 e. The number of benzene rings is 1. The van der Waals surface area contributed by atoms with Crippen molar-refractivity contribution in [1.82, 2.24) is 5.32 Å². The summed E-state index contributed by atoms with van der Waals surface area (Å²) in [5, 5.41) is 36.8. The number of aliphatic hydroxyl groups is 2. The summed E-state index contributed by atoms with van der Waals surface area (Å²) in [6, 6.07) is 9.02. The van der Waals surface area contributed by atoms with Gasteiger partial charge in [0.25, 0.3) is 0 Å². The van der Waals surface area contributed by atoms with Crippen LogP contribution in [-0.2, 0) is 28.5 Å². The van der Waals surface area contributed by atoms with Gasteiger partial charge in [-0.05, 0) is 199 Å². The number of carboxylic acid groups (broad SMARTS) is 1. The van der Waals surface area contributed by atoms with Gasteiger partial charge >= 0.3 is 18.2 Å². The highest BCUT2D eigenvalue weighted by Crippen LogP contribution is 2.70. The van der Waals surface area contributed by atoms with Crippen molar-refractivity contribution in [2.45, 2.75) is 200 Å². The number of Topliss-reactive ketones (excluding diaryl/α,β-unsaturated/α-hetero) is 1. The van der Waals surface area contributed by atoms with Gasteiger partial charge in [-0.2, -0.15) is 0 Å². The Morgan fingerprint density at radius 2 is 1.72 bits per heavy atom. The maximum absolute atomic E-state index is 13.6. The summed E-state index contributed by atoms with van der Waals surface area (Å²) in [6.45, 7) is 17.9. The summed E-state index contributed by atoms with van der Waals surface area (Å²) in [5.74, 6) is 7.45. The lowest BCUT2D eigenvalue weighted by Crippen LogP contribution is -2.63. The molecule has 7 saturated carbocycles. The van der Waals surface area contributed by atoms with E-state index in [1.54, 1.807) is 20.8 Å². The van der Waals surface area contributed by atoms with Gasteiger partial charge in [0.1, 0.15) is 23.1 Å². The molecule has 16 atom stereocenters. The average Bonchev–Trinajstić information content (AvgIpc) is 3.96. The molecule has 8 aliphatic carbocycles. The predicted octanol–water partition coefficient (Wildman–Crippen LogP) is 11.3. The Morgan fingerprint density at radius 1 is 0.961 bits per heavy atom. The number of anilines is 1. The fraction of sp³-hybridized carbons (Fsp3) is 0.746. The van der Waals surface area contributed by atoms with Crippen LogP contribution in [0.2, 0.25) is 0 Å². The van der Waals surface area contributed by atoms with Crippen LogP contribution < -0.4 is 10.2 Å². The molecule has 0 heterocycles. The van der Waals surface area contributed by atoms with Crippen LogP contribution in [0, 0.1) is 75.4 Å². The monoisotopic (exact) mass is 1050 g/mol. The van der Waals surface area contributed by atoms with Crippen molar-refractivity contribution in [1.29, 1.82) is 0 Å². The van der Waals surface area contributed by atoms with Crippen molar-refractivity contribution in [3.63, 3.8) is 0 Å². The maximum Gasteiger partial charge on any atom is 0.508 e. The molecule has 3 unspecified atom stereocenters. The number of amides is 1. The van der Waals surface area contributed by atoms with E-state index >= 15 is 0 Å². The summed E-state index contributed by atoms with van der Waals surface area (Å²) >= 11 is 0. The molecular weight excluding hydrogens is 961 g/mol. The zero-order chi connectivity index (χ0) is 54.5. The van der Waals surface area contributed by atoms with Crippen molar-refractivity contribution in [2.75, 3.05) is 38.3 Å². The van der Waals surface area contributed by atoms with Crippen molar-refractivity contribution in [2.24, 2.45) is 63.6 Å². The third-order valence-corrected chi connectivity index (χ3v) is 21.5. The Hall–Kier alpha value is -4.38. The second-order valence-corrected chi connectivity index (χ2v) is 26.5. The minimum atomic E-state index is -1.02. The molecule has 0 saturated heterocycles. The van der Waals surface area contributed by atoms with Crippen LogP contribution in [0.1, 0.15) is 176 Å². The van der Waals surface area contributed by atoms with E-state index in [9.17, 15) is 34.5 Å². The van der Waals surface area contributed by atoms with Crippen LogP contribution >= 0.6 is 0 Å². The Morgan fingerprint density at radius 3 is 2.45 bits per heavy atom. The number of alkyl carbamates (subject to hydrolysis) is 1. The predicted molar refractivity (Wildman–Crippen MR) is 291 cm³/mol. The summed E-state index contributed by atoms with van der Waals surface area (Å²) in [4.78, 5) is 52.4. The molecule has 76 heavy (non-hydrogen) atoms. The number of nitrogens with zero attached hydrogens (tertiary/aromatic N) is 1. The van der Waals surface area contributed by atoms with Crippen molar-refractivity contribution < 1.29 is 53.4 Å². The Bertz CT molecular complexity index is 2470. The first-order chi connectivity index (χ1) is 36.0. The SMILES string of the molecule is CC#C[C@]1(O)CCC2C3CC=C4CC(=O)CCC4=C3[C@@H](c3ccc(N(C)CCO[C@H]4CC[C@@]5(C)[C@@H](C4)C[C@@H](OC(=O)OCCCNC(=O)OC(C)(C)C)[C@@H]4[C@@H]5C[C@H](O)[C@]5(C)C([C@H](C)CCC(=O)O)CC[C@@H]45)cc3)C[C@@]21C. The topological polar surface area (TPSA) is 181 Å². The summed E-state index contributed by atoms with van der Waals surface area (Å²) in [7, 11) is 2.12. The van der Waals surface area contributed by atoms with Crippen molar-refractivity contribution in [3.8, 4) is 11.8 Å². The van der Waals surface area contributed by atoms with E-state index < -0.39 is 47.0 Å². The number of aliphatic carboxylic acids is 1. The van der Waals surface area contributed by atoms with E-state index in [1.807, 2.05) is 6.92 Å². The molecule has 0 aliphatic heterocycles. The molecule has 418 valence electrons. The Labute approximate surface area is 453 Å². The van der Waals surface area contributed by atoms with E-state index in [4.69, 9.17) is 18.9 Å². The number of nitrogens with one attached hydrogen (secondary N) is 1. The molecule has 7 fully saturated rings. The number of carboxylic acids is 1. The van der Waals surface area contributed by atoms with Gasteiger partial charge in [-0.15, -0.1) is 5.92 Å². The fourth-order valence-electron chi connectivity index (χ4n) is 17.6. The van der Waals surface area contributed by atoms with Gasteiger partial charge in [-0.25, -0.2) is 9.59 Å². The van der Waals surface area contributed by atoms with Gasteiger partial charge in [0.15, 0.2) is 0 Å². The van der Waals surface area contributed by atoms with Crippen LogP contribution in [0.5, 0.6) is 0 Å². The third kappa shape index (κ3) is 10.8. The minimum Gasteiger partial charge on any atom is -0.481 e. The van der Waals surface area contributed by atoms with Crippen molar-refractivity contribution in [3.05, 3.63) is 52.6 Å². The lowest BCUT2D eigenvalue weighted by molar-refractivity contribution is -0.211. The van der Waals surface area contributed by atoms with Gasteiger partial charge in [-0.1, -0.05) is 57.4 Å². The first-order valence-electron chi connectivity index (χ1n) is 29.2. The van der Waals surface area contributed by atoms with Gasteiger partial charge in [0.05, 0.1) is 25.4 Å². The summed E-state index contributed by atoms with van der Waals surface area (Å²) in [5.41, 5.74) is 4.00. The molecule has 0 bridgehead atoms. The number of fused-ring (bicyclic) bond motifs is 9. The highest BCUT2D eigenvalue weighted by Gasteiger charge is 2.67. The first kappa shape index (κ1) is 56.3. The van der Waals surface area contributed by atoms with E-state index in [1.165, 1.54) is 22.3 Å². The molecular formula is C63H90N2O11. The van der Waals surface area contributed by atoms with Crippen LogP contribution in [0.15, 0.2) is 47.1 Å². The molecule has 0 radical (unpaired) electrons. The average molecular weight is 1050 g/mol. The van der Waals surface area contributed by atoms with Crippen LogP contribution in [0.3, 0.4) is 0 Å². The summed E-state index contributed by atoms with van der Waals surface area (Å²) in [6.07, 6.45) is 12.4. The Kier molecular flexibility index (Phi) is 16.3. The standard InChI is InChI=1S/C63H90N2O11/c1-10-26-63(72)28-25-49-46-19-15-40-33-43(66)18-20-45(40)55(46)47(37-61(49,63)7)39-13-16-42(17-14-39)65(9)30-32-73-44-24-27-60(6)41(34-44)35-52(75-58(71)74-31-11-29-64-57(70)76-59(3,4)5)56-50-22-21-48(38(2)12-23-54(68)69)62(50,8)53(67)36-51(56)60/h13-17,38,41,44,46-53,56,67,72H,11-12,18-25,27-37H2,1-9H3,(H,64,70)(H,68,69)/t38-,41+,44+,46?,47-,48?,49?,50+,51+,52-,53+,56+,60+,61+,62-,63+/m1/s1. The molecule has 9 rings (SSSR count). The highest BCUT2D eigenvalue weighted by molar-refractivity contribution is 5.85. The molecule has 8 aliphatic rings. The molecule has 13 heteroatoms. The lowest BCUT2D eigenvalue weighted by Gasteiger charge is -2.64. The van der Waals surface area contributed by atoms with E-state index in [2.05, 4.69) is 87.1 Å². The fourth-order valence-corrected chi connectivity index (χ4v) is 17.6. The number of hydrogen-bond donors (Lipinski definition) is 4. The third-order valence-electron chi connectivity index (χ3n) is 21.5. The molecule has 1 aromatic rings. The zero-order valence-electron chi connectivity index (χ0n) is 47.2. The number of carbonyl (C=O) groups is 4. The lowest BCUT2D eigenvalue weighted by atomic mass is 9.43. The highest BCUT2D eigenvalue weighted by atomic mass is 16.7. The summed E-state index contributed by atoms with van der Waals surface area (Å²) < 4.78 is 24.2. The normalized spacial score (nSPS) is 37.8. The molecule has 13 nitrogen and oxygen atoms in total. The Balaban J connectivity index is 0.859. The molecule has 4 N–H and O–H groups in total. The maximum atomic E-state index is 13.6. The van der Waals surface area contributed by atoms with Gasteiger partial charge in [0, 0.05) is 62.3 Å². The van der Waals surface area contributed by atoms with E-state index in [0.717, 1.165) is 63.5 Å². The zero-order valence-corrected chi connectivity index (χ0v) is 47.2. The second kappa shape index (κ2) is 22.0. The molecule has 1 amide bonds. The van der Waals surface area contributed by atoms with E-state index in [-0.39, 0.29) is 77.9 Å². The number of rotatable bonds is 15. The number of aliphatic hydroxyl groups excluding tert-OH is 1. The quantitative estimate of drug-likeness (QED) is 0.0743. The molecule has 1 aromatic carbocycles. The number of hydrogen-bond acceptors (Lipinski definition) is 11. The number of ether oxygens (including phenoxy) is 4. The number of allylic oxidation sites excluding steroid dienone is 4. The molecule has 0 spiro atoms. The first-order valence-corrected chi connectivity index (χ1v) is 29.2.